The Morgan fingerprint density at radius 2 is 2.12 bits per heavy atom. The van der Waals surface area contributed by atoms with Gasteiger partial charge < -0.3 is 10.5 Å². The molecule has 2 rings (SSSR count). The second-order valence-electron chi connectivity index (χ2n) is 5.25. The molecule has 0 aliphatic carbocycles. The van der Waals surface area contributed by atoms with Crippen molar-refractivity contribution in [3.63, 3.8) is 0 Å². The molecule has 25 heavy (non-hydrogen) atoms. The number of nitrogens with zero attached hydrogens (tertiary/aromatic N) is 1. The third-order valence-corrected chi connectivity index (χ3v) is 5.74. The van der Waals surface area contributed by atoms with Gasteiger partial charge in [-0.05, 0) is 30.2 Å². The number of carbonyl (C=O) groups is 2. The van der Waals surface area contributed by atoms with Crippen molar-refractivity contribution >= 4 is 33.8 Å². The molecule has 9 heteroatoms. The van der Waals surface area contributed by atoms with Crippen molar-refractivity contribution in [3.8, 4) is 5.75 Å². The zero-order valence-electron chi connectivity index (χ0n) is 13.0. The first kappa shape index (κ1) is 18.9. The molecule has 0 aliphatic rings. The fourth-order valence-corrected chi connectivity index (χ4v) is 4.37. The number of sulfone groups is 1. The number of hydrogen-bond donors (Lipinski definition) is 1. The summed E-state index contributed by atoms with van der Waals surface area (Å²) >= 11 is 5.95. The topological polar surface area (TPSA) is 116 Å². The predicted molar refractivity (Wildman–Crippen MR) is 90.8 cm³/mol. The monoisotopic (exact) mass is 382 g/mol. The van der Waals surface area contributed by atoms with Gasteiger partial charge in [-0.1, -0.05) is 17.7 Å². The molecule has 1 heterocycles. The Bertz CT molecular complexity index is 871. The first-order valence-electron chi connectivity index (χ1n) is 7.14. The highest BCUT2D eigenvalue weighted by Gasteiger charge is 2.27. The van der Waals surface area contributed by atoms with Gasteiger partial charge in [0.1, 0.15) is 5.75 Å². The van der Waals surface area contributed by atoms with Crippen LogP contribution in [0.1, 0.15) is 5.56 Å². The summed E-state index contributed by atoms with van der Waals surface area (Å²) < 4.78 is 30.0. The summed E-state index contributed by atoms with van der Waals surface area (Å²) in [6.45, 7) is 0.175. The van der Waals surface area contributed by atoms with Crippen LogP contribution in [0.3, 0.4) is 0 Å². The second kappa shape index (κ2) is 8.09. The Balaban J connectivity index is 2.30. The summed E-state index contributed by atoms with van der Waals surface area (Å²) in [5.41, 5.74) is 6.04. The van der Waals surface area contributed by atoms with Gasteiger partial charge in [0.15, 0.2) is 9.84 Å². The molecule has 1 atom stereocenters. The summed E-state index contributed by atoms with van der Waals surface area (Å²) in [6, 6.07) is 7.19. The van der Waals surface area contributed by atoms with E-state index in [1.165, 1.54) is 18.3 Å². The van der Waals surface area contributed by atoms with Gasteiger partial charge in [0.2, 0.25) is 5.91 Å². The number of halogens is 1. The van der Waals surface area contributed by atoms with Crippen LogP contribution in [0.25, 0.3) is 0 Å². The average Bonchev–Trinajstić information content (AvgIpc) is 2.57. The van der Waals surface area contributed by atoms with Crippen molar-refractivity contribution in [2.75, 3.05) is 5.75 Å². The lowest BCUT2D eigenvalue weighted by Gasteiger charge is -2.15. The lowest BCUT2D eigenvalue weighted by Crippen LogP contribution is -2.31. The van der Waals surface area contributed by atoms with Crippen LogP contribution in [0.15, 0.2) is 47.6 Å². The summed E-state index contributed by atoms with van der Waals surface area (Å²) in [5, 5.41) is -0.0390. The number of primary amides is 1. The van der Waals surface area contributed by atoms with E-state index >= 15 is 0 Å². The highest BCUT2D eigenvalue weighted by molar-refractivity contribution is 7.91. The molecule has 2 N–H and O–H groups in total. The molecule has 0 radical (unpaired) electrons. The van der Waals surface area contributed by atoms with Crippen molar-refractivity contribution in [2.24, 2.45) is 11.7 Å². The maximum absolute atomic E-state index is 12.7. The summed E-state index contributed by atoms with van der Waals surface area (Å²) in [6.07, 6.45) is 3.23. The first-order chi connectivity index (χ1) is 11.8. The van der Waals surface area contributed by atoms with Gasteiger partial charge in [-0.25, -0.2) is 8.42 Å². The fraction of sp³-hybridized carbons (Fsp3) is 0.188. The maximum atomic E-state index is 12.7. The third-order valence-electron chi connectivity index (χ3n) is 3.45. The van der Waals surface area contributed by atoms with E-state index in [-0.39, 0.29) is 28.6 Å². The van der Waals surface area contributed by atoms with E-state index in [1.54, 1.807) is 18.3 Å². The number of pyridine rings is 1. The quantitative estimate of drug-likeness (QED) is 0.689. The molecule has 1 aromatic heterocycles. The van der Waals surface area contributed by atoms with Crippen molar-refractivity contribution in [1.29, 1.82) is 0 Å². The summed E-state index contributed by atoms with van der Waals surface area (Å²) in [4.78, 5) is 25.8. The van der Waals surface area contributed by atoms with E-state index in [0.717, 1.165) is 6.07 Å². The van der Waals surface area contributed by atoms with Crippen LogP contribution < -0.4 is 10.5 Å². The molecule has 132 valence electrons. The van der Waals surface area contributed by atoms with Crippen LogP contribution in [0.5, 0.6) is 5.75 Å². The molecule has 2 aromatic rings. The number of nitrogens with two attached hydrogens (primary N) is 1. The smallest absolute Gasteiger partial charge is 0.298 e. The van der Waals surface area contributed by atoms with E-state index in [0.29, 0.717) is 5.56 Å². The second-order valence-corrected chi connectivity index (χ2v) is 7.66. The third kappa shape index (κ3) is 5.01. The minimum Gasteiger partial charge on any atom is -0.429 e. The Hall–Kier alpha value is -2.45. The highest BCUT2D eigenvalue weighted by Crippen LogP contribution is 2.28. The molecule has 0 spiro atoms. The molecule has 1 unspecified atom stereocenters. The van der Waals surface area contributed by atoms with Crippen LogP contribution in [-0.2, 0) is 25.8 Å². The standard InChI is InChI=1S/C16H15ClN2O5S/c17-14-4-3-13(24-10-20)7-15(14)25(22,23)9-12(16(18)21)6-11-2-1-5-19-8-11/h1-5,7-8,10,12H,6,9H2,(H2,18,21). The minimum atomic E-state index is -3.95. The summed E-state index contributed by atoms with van der Waals surface area (Å²) in [7, 11) is -3.95. The molecule has 1 amide bonds. The van der Waals surface area contributed by atoms with Crippen LogP contribution in [0, 0.1) is 5.92 Å². The largest absolute Gasteiger partial charge is 0.429 e. The van der Waals surface area contributed by atoms with Crippen LogP contribution in [-0.4, -0.2) is 31.5 Å². The number of ether oxygens (including phenoxy) is 1. The van der Waals surface area contributed by atoms with E-state index in [2.05, 4.69) is 9.72 Å². The highest BCUT2D eigenvalue weighted by atomic mass is 35.5. The zero-order valence-corrected chi connectivity index (χ0v) is 14.5. The molecule has 1 aromatic carbocycles. The molecule has 0 bridgehead atoms. The Labute approximate surface area is 149 Å². The first-order valence-corrected chi connectivity index (χ1v) is 9.17. The van der Waals surface area contributed by atoms with Gasteiger partial charge in [-0.2, -0.15) is 0 Å². The van der Waals surface area contributed by atoms with Crippen LogP contribution in [0.2, 0.25) is 5.02 Å². The van der Waals surface area contributed by atoms with Gasteiger partial charge in [0, 0.05) is 18.5 Å². The number of carbonyl (C=O) groups excluding carboxylic acids is 2. The minimum absolute atomic E-state index is 0.0286. The number of aromatic nitrogens is 1. The number of benzene rings is 1. The molecular formula is C16H15ClN2O5S. The normalized spacial score (nSPS) is 12.4. The van der Waals surface area contributed by atoms with Gasteiger partial charge in [-0.15, -0.1) is 0 Å². The van der Waals surface area contributed by atoms with Crippen molar-refractivity contribution in [2.45, 2.75) is 11.3 Å². The molecule has 7 nitrogen and oxygen atoms in total. The van der Waals surface area contributed by atoms with Gasteiger partial charge in [0.05, 0.1) is 21.6 Å². The Morgan fingerprint density at radius 3 is 2.72 bits per heavy atom. The van der Waals surface area contributed by atoms with Gasteiger partial charge in [0.25, 0.3) is 6.47 Å². The zero-order chi connectivity index (χ0) is 18.4. The molecule has 0 fully saturated rings. The van der Waals surface area contributed by atoms with E-state index in [1.807, 2.05) is 0 Å². The fourth-order valence-electron chi connectivity index (χ4n) is 2.25. The predicted octanol–water partition coefficient (Wildman–Crippen LogP) is 1.39. The van der Waals surface area contributed by atoms with Crippen molar-refractivity contribution in [3.05, 3.63) is 53.3 Å². The van der Waals surface area contributed by atoms with Crippen LogP contribution >= 0.6 is 11.6 Å². The van der Waals surface area contributed by atoms with Crippen molar-refractivity contribution < 1.29 is 22.7 Å². The van der Waals surface area contributed by atoms with Crippen molar-refractivity contribution in [1.82, 2.24) is 4.98 Å². The lowest BCUT2D eigenvalue weighted by atomic mass is 10.0. The molecular weight excluding hydrogens is 368 g/mol. The average molecular weight is 383 g/mol. The Morgan fingerprint density at radius 1 is 1.36 bits per heavy atom. The van der Waals surface area contributed by atoms with Gasteiger partial charge >= 0.3 is 0 Å². The molecule has 0 saturated carbocycles. The SMILES string of the molecule is NC(=O)C(Cc1cccnc1)CS(=O)(=O)c1cc(OC=O)ccc1Cl. The van der Waals surface area contributed by atoms with E-state index in [4.69, 9.17) is 17.3 Å². The molecule has 0 aliphatic heterocycles. The van der Waals surface area contributed by atoms with E-state index < -0.39 is 27.4 Å². The number of rotatable bonds is 8. The number of amides is 1. The maximum Gasteiger partial charge on any atom is 0.298 e. The summed E-state index contributed by atoms with van der Waals surface area (Å²) in [5.74, 6) is -2.20. The van der Waals surface area contributed by atoms with Gasteiger partial charge in [-0.3, -0.25) is 14.6 Å². The van der Waals surface area contributed by atoms with Crippen LogP contribution in [0.4, 0.5) is 0 Å². The lowest BCUT2D eigenvalue weighted by molar-refractivity contribution is -0.121. The number of hydrogen-bond acceptors (Lipinski definition) is 6. The molecule has 0 saturated heterocycles. The Kier molecular flexibility index (Phi) is 6.11. The van der Waals surface area contributed by atoms with E-state index in [9.17, 15) is 18.0 Å².